The van der Waals surface area contributed by atoms with Crippen LogP contribution in [0.5, 0.6) is 0 Å². The van der Waals surface area contributed by atoms with Crippen molar-refractivity contribution >= 4 is 38.9 Å². The molecule has 1 aliphatic heterocycles. The van der Waals surface area contributed by atoms with E-state index in [4.69, 9.17) is 11.6 Å². The summed E-state index contributed by atoms with van der Waals surface area (Å²) in [5, 5.41) is 3.33. The van der Waals surface area contributed by atoms with Gasteiger partial charge in [-0.15, -0.1) is 0 Å². The Kier molecular flexibility index (Phi) is 7.75. The summed E-state index contributed by atoms with van der Waals surface area (Å²) >= 11 is 5.98. The van der Waals surface area contributed by atoms with Gasteiger partial charge >= 0.3 is 0 Å². The average Bonchev–Trinajstić information content (AvgIpc) is 2.88. The minimum Gasteiger partial charge on any atom is -0.372 e. The third-order valence-corrected chi connectivity index (χ3v) is 7.92. The third kappa shape index (κ3) is 5.90. The Balaban J connectivity index is 1.45. The number of carbonyl (C=O) groups excluding carboxylic acids is 1. The van der Waals surface area contributed by atoms with Gasteiger partial charge in [0.05, 0.1) is 10.6 Å². The van der Waals surface area contributed by atoms with Crippen molar-refractivity contribution in [1.82, 2.24) is 5.32 Å². The summed E-state index contributed by atoms with van der Waals surface area (Å²) in [6.07, 6.45) is 3.72. The van der Waals surface area contributed by atoms with Gasteiger partial charge in [0.2, 0.25) is 5.91 Å². The van der Waals surface area contributed by atoms with Crippen LogP contribution in [0.4, 0.5) is 11.4 Å². The van der Waals surface area contributed by atoms with Crippen LogP contribution >= 0.6 is 11.6 Å². The van der Waals surface area contributed by atoms with Gasteiger partial charge in [-0.05, 0) is 73.4 Å². The number of amides is 1. The van der Waals surface area contributed by atoms with Crippen molar-refractivity contribution < 1.29 is 13.2 Å². The molecule has 1 saturated heterocycles. The first-order chi connectivity index (χ1) is 16.4. The van der Waals surface area contributed by atoms with E-state index >= 15 is 0 Å². The van der Waals surface area contributed by atoms with Crippen molar-refractivity contribution in [3.63, 3.8) is 0 Å². The molecular weight excluding hydrogens is 470 g/mol. The molecule has 0 unspecified atom stereocenters. The molecule has 0 saturated carbocycles. The standard InChI is InChI=1S/C26H28ClN3O3S/c27-22-11-15-24(16-12-22)30(34(32,33)25-7-3-1-4-8-25)20-26(31)28-19-21-9-13-23(14-10-21)29-17-5-2-6-18-29/h1,3-4,7-16H,2,5-6,17-20H2,(H,28,31). The number of anilines is 2. The van der Waals surface area contributed by atoms with Crippen molar-refractivity contribution in [3.8, 4) is 0 Å². The number of hydrogen-bond donors (Lipinski definition) is 1. The Morgan fingerprint density at radius 3 is 2.18 bits per heavy atom. The normalized spacial score (nSPS) is 14.0. The lowest BCUT2D eigenvalue weighted by Crippen LogP contribution is -2.40. The van der Waals surface area contributed by atoms with Crippen LogP contribution in [0.3, 0.4) is 0 Å². The number of benzene rings is 3. The van der Waals surface area contributed by atoms with E-state index in [-0.39, 0.29) is 11.4 Å². The van der Waals surface area contributed by atoms with Crippen molar-refractivity contribution in [2.75, 3.05) is 28.8 Å². The van der Waals surface area contributed by atoms with Gasteiger partial charge < -0.3 is 10.2 Å². The Morgan fingerprint density at radius 2 is 1.53 bits per heavy atom. The molecule has 178 valence electrons. The summed E-state index contributed by atoms with van der Waals surface area (Å²) in [5.74, 6) is -0.394. The van der Waals surface area contributed by atoms with E-state index in [1.807, 2.05) is 12.1 Å². The Bertz CT molecular complexity index is 1190. The molecule has 3 aromatic carbocycles. The maximum absolute atomic E-state index is 13.3. The highest BCUT2D eigenvalue weighted by Crippen LogP contribution is 2.25. The van der Waals surface area contributed by atoms with Crippen LogP contribution in [0.25, 0.3) is 0 Å². The quantitative estimate of drug-likeness (QED) is 0.483. The first-order valence-electron chi connectivity index (χ1n) is 11.4. The molecule has 0 atom stereocenters. The van der Waals surface area contributed by atoms with Gasteiger partial charge in [0, 0.05) is 30.3 Å². The molecule has 34 heavy (non-hydrogen) atoms. The van der Waals surface area contributed by atoms with Crippen LogP contribution in [0.2, 0.25) is 5.02 Å². The number of halogens is 1. The largest absolute Gasteiger partial charge is 0.372 e. The summed E-state index contributed by atoms with van der Waals surface area (Å²) < 4.78 is 27.8. The summed E-state index contributed by atoms with van der Waals surface area (Å²) in [5.41, 5.74) is 2.52. The summed E-state index contributed by atoms with van der Waals surface area (Å²) in [7, 11) is -3.94. The summed E-state index contributed by atoms with van der Waals surface area (Å²) in [6, 6.07) is 22.6. The smallest absolute Gasteiger partial charge is 0.264 e. The lowest BCUT2D eigenvalue weighted by molar-refractivity contribution is -0.119. The molecular formula is C26H28ClN3O3S. The van der Waals surface area contributed by atoms with Gasteiger partial charge in [0.15, 0.2) is 0 Å². The Hall–Kier alpha value is -3.03. The molecule has 0 radical (unpaired) electrons. The van der Waals surface area contributed by atoms with Crippen molar-refractivity contribution in [2.24, 2.45) is 0 Å². The zero-order valence-corrected chi connectivity index (χ0v) is 20.4. The molecule has 3 aromatic rings. The minimum atomic E-state index is -3.94. The van der Waals surface area contributed by atoms with Gasteiger partial charge in [-0.25, -0.2) is 8.42 Å². The number of carbonyl (C=O) groups is 1. The predicted octanol–water partition coefficient (Wildman–Crippen LogP) is 4.84. The second-order valence-electron chi connectivity index (χ2n) is 8.29. The van der Waals surface area contributed by atoms with Gasteiger partial charge in [0.25, 0.3) is 10.0 Å². The van der Waals surface area contributed by atoms with Crippen molar-refractivity contribution in [2.45, 2.75) is 30.7 Å². The SMILES string of the molecule is O=C(CN(c1ccc(Cl)cc1)S(=O)(=O)c1ccccc1)NCc1ccc(N2CCCCC2)cc1. The van der Waals surface area contributed by atoms with Crippen molar-refractivity contribution in [3.05, 3.63) is 89.4 Å². The highest BCUT2D eigenvalue weighted by molar-refractivity contribution is 7.92. The van der Waals surface area contributed by atoms with Crippen LogP contribution in [0, 0.1) is 0 Å². The molecule has 8 heteroatoms. The zero-order valence-electron chi connectivity index (χ0n) is 18.9. The topological polar surface area (TPSA) is 69.7 Å². The molecule has 0 aliphatic carbocycles. The fraction of sp³-hybridized carbons (Fsp3) is 0.269. The molecule has 1 N–H and O–H groups in total. The van der Waals surface area contributed by atoms with E-state index in [9.17, 15) is 13.2 Å². The summed E-state index contributed by atoms with van der Waals surface area (Å²) in [6.45, 7) is 2.13. The van der Waals surface area contributed by atoms with E-state index in [2.05, 4.69) is 22.3 Å². The second-order valence-corrected chi connectivity index (χ2v) is 10.6. The lowest BCUT2D eigenvalue weighted by atomic mass is 10.1. The second kappa shape index (κ2) is 10.9. The fourth-order valence-electron chi connectivity index (χ4n) is 4.01. The number of rotatable bonds is 8. The molecule has 0 spiro atoms. The van der Waals surface area contributed by atoms with Gasteiger partial charge in [0.1, 0.15) is 6.54 Å². The van der Waals surface area contributed by atoms with Gasteiger partial charge in [-0.3, -0.25) is 9.10 Å². The Morgan fingerprint density at radius 1 is 0.882 bits per heavy atom. The lowest BCUT2D eigenvalue weighted by Gasteiger charge is -2.28. The maximum atomic E-state index is 13.3. The first-order valence-corrected chi connectivity index (χ1v) is 13.2. The maximum Gasteiger partial charge on any atom is 0.264 e. The number of hydrogen-bond acceptors (Lipinski definition) is 4. The monoisotopic (exact) mass is 497 g/mol. The molecule has 4 rings (SSSR count). The van der Waals surface area contributed by atoms with E-state index in [0.717, 1.165) is 23.0 Å². The van der Waals surface area contributed by atoms with Crippen LogP contribution in [-0.4, -0.2) is 34.0 Å². The number of sulfonamides is 1. The number of piperidine rings is 1. The van der Waals surface area contributed by atoms with Gasteiger partial charge in [-0.1, -0.05) is 41.9 Å². The van der Waals surface area contributed by atoms with E-state index < -0.39 is 15.9 Å². The van der Waals surface area contributed by atoms with Crippen LogP contribution in [0.15, 0.2) is 83.8 Å². The zero-order chi connectivity index (χ0) is 24.0. The molecule has 1 heterocycles. The third-order valence-electron chi connectivity index (χ3n) is 5.88. The van der Waals surface area contributed by atoms with Crippen molar-refractivity contribution in [1.29, 1.82) is 0 Å². The van der Waals surface area contributed by atoms with E-state index in [0.29, 0.717) is 17.3 Å². The van der Waals surface area contributed by atoms with Crippen LogP contribution < -0.4 is 14.5 Å². The minimum absolute atomic E-state index is 0.117. The van der Waals surface area contributed by atoms with E-state index in [1.54, 1.807) is 42.5 Å². The van der Waals surface area contributed by atoms with Gasteiger partial charge in [-0.2, -0.15) is 0 Å². The first kappa shape index (κ1) is 24.1. The Labute approximate surface area is 206 Å². The van der Waals surface area contributed by atoms with E-state index in [1.165, 1.54) is 37.1 Å². The number of nitrogens with one attached hydrogen (secondary N) is 1. The molecule has 1 aliphatic rings. The van der Waals surface area contributed by atoms with Crippen LogP contribution in [0.1, 0.15) is 24.8 Å². The molecule has 0 aromatic heterocycles. The fourth-order valence-corrected chi connectivity index (χ4v) is 5.57. The number of nitrogens with zero attached hydrogens (tertiary/aromatic N) is 2. The highest BCUT2D eigenvalue weighted by atomic mass is 35.5. The molecule has 1 fully saturated rings. The molecule has 6 nitrogen and oxygen atoms in total. The van der Waals surface area contributed by atoms with Crippen LogP contribution in [-0.2, 0) is 21.4 Å². The molecule has 1 amide bonds. The average molecular weight is 498 g/mol. The predicted molar refractivity (Wildman–Crippen MR) is 137 cm³/mol. The highest BCUT2D eigenvalue weighted by Gasteiger charge is 2.27. The summed E-state index contributed by atoms with van der Waals surface area (Å²) in [4.78, 5) is 15.3. The molecule has 0 bridgehead atoms.